The molecule has 0 saturated carbocycles. The number of hydrogen-bond donors (Lipinski definition) is 2. The second-order valence-corrected chi connectivity index (χ2v) is 5.84. The van der Waals surface area contributed by atoms with Crippen LogP contribution in [0, 0.1) is 0 Å². The van der Waals surface area contributed by atoms with E-state index in [0.29, 0.717) is 13.0 Å². The van der Waals surface area contributed by atoms with Crippen molar-refractivity contribution in [2.24, 2.45) is 0 Å². The Bertz CT molecular complexity index is 678. The summed E-state index contributed by atoms with van der Waals surface area (Å²) in [7, 11) is 0. The molecule has 5 heteroatoms. The fraction of sp³-hybridized carbons (Fsp3) is 0.250. The molecule has 2 heterocycles. The van der Waals surface area contributed by atoms with E-state index in [4.69, 9.17) is 0 Å². The van der Waals surface area contributed by atoms with Gasteiger partial charge in [0.05, 0.1) is 5.69 Å². The number of hydrogen-bond acceptors (Lipinski definition) is 4. The molecule has 1 aliphatic heterocycles. The van der Waals surface area contributed by atoms with Gasteiger partial charge in [-0.15, -0.1) is 17.9 Å². The van der Waals surface area contributed by atoms with Crippen LogP contribution in [0.3, 0.4) is 0 Å². The van der Waals surface area contributed by atoms with Gasteiger partial charge in [-0.2, -0.15) is 0 Å². The normalized spacial score (nSPS) is 14.0. The molecule has 1 aromatic heterocycles. The van der Waals surface area contributed by atoms with Gasteiger partial charge in [-0.1, -0.05) is 12.1 Å². The first-order valence-corrected chi connectivity index (χ1v) is 7.87. The van der Waals surface area contributed by atoms with Crippen molar-refractivity contribution >= 4 is 28.1 Å². The highest BCUT2D eigenvalue weighted by molar-refractivity contribution is 7.14. The Morgan fingerprint density at radius 3 is 3.19 bits per heavy atom. The molecule has 108 valence electrons. The fourth-order valence-corrected chi connectivity index (χ4v) is 3.11. The number of carbonyl (C=O) groups is 1. The molecule has 2 N–H and O–H groups in total. The van der Waals surface area contributed by atoms with E-state index >= 15 is 0 Å². The van der Waals surface area contributed by atoms with E-state index in [1.807, 2.05) is 23.6 Å². The van der Waals surface area contributed by atoms with Crippen molar-refractivity contribution in [2.45, 2.75) is 19.3 Å². The Hall–Kier alpha value is -2.14. The summed E-state index contributed by atoms with van der Waals surface area (Å²) in [5.41, 5.74) is 4.17. The fourth-order valence-electron chi connectivity index (χ4n) is 2.38. The summed E-state index contributed by atoms with van der Waals surface area (Å²) in [6.45, 7) is 4.40. The van der Waals surface area contributed by atoms with Crippen LogP contribution in [0.2, 0.25) is 0 Å². The zero-order valence-electron chi connectivity index (χ0n) is 11.7. The van der Waals surface area contributed by atoms with Gasteiger partial charge in [-0.05, 0) is 30.5 Å². The van der Waals surface area contributed by atoms with Crippen LogP contribution in [0.15, 0.2) is 36.2 Å². The Morgan fingerprint density at radius 1 is 1.43 bits per heavy atom. The number of benzene rings is 1. The van der Waals surface area contributed by atoms with Gasteiger partial charge in [-0.3, -0.25) is 4.79 Å². The molecule has 1 aromatic carbocycles. The molecule has 0 fully saturated rings. The summed E-state index contributed by atoms with van der Waals surface area (Å²) < 4.78 is 0. The highest BCUT2D eigenvalue weighted by atomic mass is 32.1. The van der Waals surface area contributed by atoms with E-state index in [1.165, 1.54) is 5.56 Å². The number of rotatable bonds is 4. The first-order chi connectivity index (χ1) is 10.3. The van der Waals surface area contributed by atoms with E-state index in [-0.39, 0.29) is 5.91 Å². The van der Waals surface area contributed by atoms with Crippen LogP contribution in [0.5, 0.6) is 0 Å². The molecule has 0 aliphatic carbocycles. The third kappa shape index (κ3) is 3.13. The summed E-state index contributed by atoms with van der Waals surface area (Å²) in [4.78, 5) is 16.1. The Morgan fingerprint density at radius 2 is 2.33 bits per heavy atom. The van der Waals surface area contributed by atoms with Gasteiger partial charge in [0.1, 0.15) is 0 Å². The van der Waals surface area contributed by atoms with Crippen molar-refractivity contribution < 1.29 is 4.79 Å². The van der Waals surface area contributed by atoms with Crippen LogP contribution < -0.4 is 10.6 Å². The van der Waals surface area contributed by atoms with Crippen molar-refractivity contribution in [3.63, 3.8) is 0 Å². The number of nitrogens with zero attached hydrogens (tertiary/aromatic N) is 1. The molecule has 1 aliphatic rings. The van der Waals surface area contributed by atoms with Crippen molar-refractivity contribution in [2.75, 3.05) is 17.2 Å². The predicted octanol–water partition coefficient (Wildman–Crippen LogP) is 3.68. The molecule has 3 rings (SSSR count). The monoisotopic (exact) mass is 299 g/mol. The SMILES string of the molecule is C=CCNc1nc(-c2ccc3c(c2)CCCC(=O)N3)cs1. The van der Waals surface area contributed by atoms with Crippen LogP contribution >= 0.6 is 11.3 Å². The van der Waals surface area contributed by atoms with Gasteiger partial charge in [0.15, 0.2) is 5.13 Å². The number of aryl methyl sites for hydroxylation is 1. The standard InChI is InChI=1S/C16H17N3OS/c1-2-8-17-16-19-14(10-21-16)12-6-7-13-11(9-12)4-3-5-15(20)18-13/h2,6-7,9-10H,1,3-5,8H2,(H,17,19)(H,18,20). The molecule has 0 saturated heterocycles. The minimum Gasteiger partial charge on any atom is -0.358 e. The minimum atomic E-state index is 0.103. The highest BCUT2D eigenvalue weighted by Crippen LogP contribution is 2.30. The van der Waals surface area contributed by atoms with Gasteiger partial charge in [0, 0.05) is 29.6 Å². The highest BCUT2D eigenvalue weighted by Gasteiger charge is 2.14. The van der Waals surface area contributed by atoms with Crippen LogP contribution in [-0.4, -0.2) is 17.4 Å². The zero-order chi connectivity index (χ0) is 14.7. The topological polar surface area (TPSA) is 54.0 Å². The lowest BCUT2D eigenvalue weighted by molar-refractivity contribution is -0.116. The third-order valence-electron chi connectivity index (χ3n) is 3.43. The van der Waals surface area contributed by atoms with E-state index in [9.17, 15) is 4.79 Å². The van der Waals surface area contributed by atoms with Gasteiger partial charge < -0.3 is 10.6 Å². The first-order valence-electron chi connectivity index (χ1n) is 7.00. The lowest BCUT2D eigenvalue weighted by atomic mass is 10.0. The Labute approximate surface area is 127 Å². The molecule has 0 atom stereocenters. The van der Waals surface area contributed by atoms with Crippen molar-refractivity contribution in [1.82, 2.24) is 4.98 Å². The number of anilines is 2. The van der Waals surface area contributed by atoms with Crippen molar-refractivity contribution in [1.29, 1.82) is 0 Å². The molecule has 2 aromatic rings. The summed E-state index contributed by atoms with van der Waals surface area (Å²) in [6.07, 6.45) is 4.22. The Kier molecular flexibility index (Phi) is 4.01. The molecule has 0 radical (unpaired) electrons. The van der Waals surface area contributed by atoms with Crippen molar-refractivity contribution in [3.05, 3.63) is 41.8 Å². The molecular weight excluding hydrogens is 282 g/mol. The molecule has 21 heavy (non-hydrogen) atoms. The maximum absolute atomic E-state index is 11.6. The number of carbonyl (C=O) groups excluding carboxylic acids is 1. The largest absolute Gasteiger partial charge is 0.358 e. The first kappa shape index (κ1) is 13.8. The zero-order valence-corrected chi connectivity index (χ0v) is 12.5. The second kappa shape index (κ2) is 6.10. The lowest BCUT2D eigenvalue weighted by Gasteiger charge is -2.08. The average Bonchev–Trinajstić information content (AvgIpc) is 2.87. The molecule has 1 amide bonds. The molecular formula is C16H17N3OS. The van der Waals surface area contributed by atoms with Crippen LogP contribution in [0.4, 0.5) is 10.8 Å². The summed E-state index contributed by atoms with van der Waals surface area (Å²) in [6, 6.07) is 6.12. The van der Waals surface area contributed by atoms with Gasteiger partial charge in [0.2, 0.25) is 5.91 Å². The summed E-state index contributed by atoms with van der Waals surface area (Å²) in [5, 5.41) is 9.09. The minimum absolute atomic E-state index is 0.103. The number of amides is 1. The van der Waals surface area contributed by atoms with Crippen LogP contribution in [0.25, 0.3) is 11.3 Å². The van der Waals surface area contributed by atoms with E-state index in [1.54, 1.807) is 11.3 Å². The molecule has 0 spiro atoms. The van der Waals surface area contributed by atoms with E-state index in [2.05, 4.69) is 28.3 Å². The number of aromatic nitrogens is 1. The van der Waals surface area contributed by atoms with Gasteiger partial charge in [-0.25, -0.2) is 4.98 Å². The molecule has 4 nitrogen and oxygen atoms in total. The predicted molar refractivity (Wildman–Crippen MR) is 87.8 cm³/mol. The van der Waals surface area contributed by atoms with Gasteiger partial charge >= 0.3 is 0 Å². The number of fused-ring (bicyclic) bond motifs is 1. The molecule has 0 unspecified atom stereocenters. The lowest BCUT2D eigenvalue weighted by Crippen LogP contribution is -2.09. The third-order valence-corrected chi connectivity index (χ3v) is 4.23. The second-order valence-electron chi connectivity index (χ2n) is 4.98. The smallest absolute Gasteiger partial charge is 0.224 e. The maximum atomic E-state index is 11.6. The summed E-state index contributed by atoms with van der Waals surface area (Å²) in [5.74, 6) is 0.103. The van der Waals surface area contributed by atoms with Crippen LogP contribution in [0.1, 0.15) is 18.4 Å². The summed E-state index contributed by atoms with van der Waals surface area (Å²) >= 11 is 1.59. The number of nitrogens with one attached hydrogen (secondary N) is 2. The van der Waals surface area contributed by atoms with Gasteiger partial charge in [0.25, 0.3) is 0 Å². The maximum Gasteiger partial charge on any atom is 0.224 e. The van der Waals surface area contributed by atoms with E-state index in [0.717, 1.165) is 34.9 Å². The van der Waals surface area contributed by atoms with Crippen LogP contribution in [-0.2, 0) is 11.2 Å². The Balaban J connectivity index is 1.86. The average molecular weight is 299 g/mol. The number of thiazole rings is 1. The quantitative estimate of drug-likeness (QED) is 0.847. The van der Waals surface area contributed by atoms with Crippen molar-refractivity contribution in [3.8, 4) is 11.3 Å². The van der Waals surface area contributed by atoms with E-state index < -0.39 is 0 Å². The molecule has 0 bridgehead atoms.